The average Bonchev–Trinajstić information content (AvgIpc) is 3.33. The first-order valence-corrected chi connectivity index (χ1v) is 7.85. The van der Waals surface area contributed by atoms with Gasteiger partial charge in [-0.15, -0.1) is 0 Å². The van der Waals surface area contributed by atoms with Crippen LogP contribution < -0.4 is 5.32 Å². The summed E-state index contributed by atoms with van der Waals surface area (Å²) in [7, 11) is 0. The van der Waals surface area contributed by atoms with Crippen LogP contribution >= 0.6 is 0 Å². The third-order valence-corrected chi connectivity index (χ3v) is 4.88. The quantitative estimate of drug-likeness (QED) is 0.774. The summed E-state index contributed by atoms with van der Waals surface area (Å²) < 4.78 is 5.29. The maximum Gasteiger partial charge on any atom is 0.317 e. The van der Waals surface area contributed by atoms with E-state index in [1.54, 1.807) is 6.92 Å². The summed E-state index contributed by atoms with van der Waals surface area (Å²) >= 11 is 0. The van der Waals surface area contributed by atoms with Crippen molar-refractivity contribution in [3.8, 4) is 0 Å². The van der Waals surface area contributed by atoms with E-state index >= 15 is 0 Å². The number of amides is 2. The predicted octanol–water partition coefficient (Wildman–Crippen LogP) is 1.31. The number of carbonyl (C=O) groups excluding carboxylic acids is 1. The highest BCUT2D eigenvalue weighted by atomic mass is 16.5. The zero-order valence-electron chi connectivity index (χ0n) is 12.5. The number of rotatable bonds is 6. The zero-order valence-corrected chi connectivity index (χ0v) is 12.5. The number of ether oxygens (including phenoxy) is 1. The van der Waals surface area contributed by atoms with Crippen LogP contribution in [0.1, 0.15) is 32.6 Å². The van der Waals surface area contributed by atoms with E-state index < -0.39 is 17.4 Å². The Balaban J connectivity index is 1.60. The molecule has 1 heterocycles. The number of carbonyl (C=O) groups is 2. The lowest BCUT2D eigenvalue weighted by molar-refractivity contribution is -0.148. The van der Waals surface area contributed by atoms with Crippen molar-refractivity contribution in [2.45, 2.75) is 38.6 Å². The number of carboxylic acid groups (broad SMARTS) is 1. The Hall–Kier alpha value is -1.30. The second-order valence-corrected chi connectivity index (χ2v) is 7.03. The number of hydrogen-bond donors (Lipinski definition) is 2. The first-order valence-electron chi connectivity index (χ1n) is 7.85. The van der Waals surface area contributed by atoms with Crippen molar-refractivity contribution in [2.24, 2.45) is 17.3 Å². The maximum atomic E-state index is 12.5. The van der Waals surface area contributed by atoms with Gasteiger partial charge in [0.2, 0.25) is 0 Å². The molecule has 3 fully saturated rings. The van der Waals surface area contributed by atoms with E-state index in [9.17, 15) is 14.7 Å². The predicted molar refractivity (Wildman–Crippen MR) is 75.9 cm³/mol. The molecule has 0 spiro atoms. The van der Waals surface area contributed by atoms with E-state index in [-0.39, 0.29) is 19.2 Å². The molecule has 2 saturated carbocycles. The molecule has 0 aromatic heterocycles. The van der Waals surface area contributed by atoms with Gasteiger partial charge in [-0.1, -0.05) is 0 Å². The fourth-order valence-electron chi connectivity index (χ4n) is 2.79. The minimum atomic E-state index is -1.03. The molecule has 6 heteroatoms. The molecule has 2 amide bonds. The third-order valence-electron chi connectivity index (χ3n) is 4.88. The molecular formula is C15H24N2O4. The molecule has 21 heavy (non-hydrogen) atoms. The Kier molecular flexibility index (Phi) is 3.82. The molecule has 0 radical (unpaired) electrons. The number of carboxylic acids is 1. The number of hydrogen-bond acceptors (Lipinski definition) is 3. The number of aliphatic carboxylic acids is 1. The third kappa shape index (κ3) is 3.31. The summed E-state index contributed by atoms with van der Waals surface area (Å²) in [5.74, 6) is 0.363. The number of urea groups is 1. The Morgan fingerprint density at radius 2 is 1.81 bits per heavy atom. The lowest BCUT2D eigenvalue weighted by Gasteiger charge is -2.29. The molecular weight excluding hydrogens is 272 g/mol. The van der Waals surface area contributed by atoms with Crippen molar-refractivity contribution in [1.29, 1.82) is 0 Å². The molecule has 0 bridgehead atoms. The van der Waals surface area contributed by atoms with Crippen LogP contribution in [0.25, 0.3) is 0 Å². The number of nitrogens with zero attached hydrogens (tertiary/aromatic N) is 1. The molecule has 1 saturated heterocycles. The Labute approximate surface area is 124 Å². The number of nitrogens with one attached hydrogen (secondary N) is 1. The van der Waals surface area contributed by atoms with Crippen molar-refractivity contribution < 1.29 is 19.4 Å². The molecule has 1 aliphatic heterocycles. The van der Waals surface area contributed by atoms with Crippen LogP contribution in [0.15, 0.2) is 0 Å². The van der Waals surface area contributed by atoms with Gasteiger partial charge in [0.1, 0.15) is 5.41 Å². The molecule has 2 atom stereocenters. The first-order chi connectivity index (χ1) is 9.99. The standard InChI is InChI=1S/C15H24N2O4/c1-15(13(18)19)9-21-8-12(15)16-14(20)17(6-10-2-3-10)7-11-4-5-11/h10-12H,2-9H2,1H3,(H,16,20)(H,18,19). The second kappa shape index (κ2) is 5.48. The first kappa shape index (κ1) is 14.6. The van der Waals surface area contributed by atoms with Gasteiger partial charge in [0.05, 0.1) is 19.3 Å². The van der Waals surface area contributed by atoms with Crippen molar-refractivity contribution >= 4 is 12.0 Å². The molecule has 2 N–H and O–H groups in total. The zero-order chi connectivity index (χ0) is 15.0. The monoisotopic (exact) mass is 296 g/mol. The molecule has 6 nitrogen and oxygen atoms in total. The van der Waals surface area contributed by atoms with E-state index in [1.807, 2.05) is 4.90 Å². The molecule has 0 aromatic rings. The lowest BCUT2D eigenvalue weighted by Crippen LogP contribution is -2.54. The summed E-state index contributed by atoms with van der Waals surface area (Å²) in [5, 5.41) is 12.3. The highest BCUT2D eigenvalue weighted by molar-refractivity contribution is 5.79. The topological polar surface area (TPSA) is 78.9 Å². The van der Waals surface area contributed by atoms with Gasteiger partial charge >= 0.3 is 12.0 Å². The summed E-state index contributed by atoms with van der Waals surface area (Å²) in [6, 6.07) is -0.583. The van der Waals surface area contributed by atoms with E-state index in [4.69, 9.17) is 4.74 Å². The lowest BCUT2D eigenvalue weighted by atomic mass is 9.85. The average molecular weight is 296 g/mol. The van der Waals surface area contributed by atoms with Crippen LogP contribution in [0, 0.1) is 17.3 Å². The van der Waals surface area contributed by atoms with Gasteiger partial charge in [-0.25, -0.2) is 4.79 Å². The van der Waals surface area contributed by atoms with E-state index in [0.29, 0.717) is 11.8 Å². The smallest absolute Gasteiger partial charge is 0.317 e. The van der Waals surface area contributed by atoms with Crippen LogP contribution in [-0.4, -0.2) is 54.4 Å². The Bertz CT molecular complexity index is 419. The van der Waals surface area contributed by atoms with Crippen LogP contribution in [0.3, 0.4) is 0 Å². The fraction of sp³-hybridized carbons (Fsp3) is 0.867. The van der Waals surface area contributed by atoms with Gasteiger partial charge in [0.15, 0.2) is 0 Å². The van der Waals surface area contributed by atoms with E-state index in [0.717, 1.165) is 13.1 Å². The molecule has 118 valence electrons. The molecule has 3 aliphatic rings. The van der Waals surface area contributed by atoms with Gasteiger partial charge in [-0.3, -0.25) is 4.79 Å². The molecule has 0 aromatic carbocycles. The van der Waals surface area contributed by atoms with Gasteiger partial charge in [0, 0.05) is 13.1 Å². The largest absolute Gasteiger partial charge is 0.481 e. The van der Waals surface area contributed by atoms with Gasteiger partial charge in [0.25, 0.3) is 0 Å². The highest BCUT2D eigenvalue weighted by Crippen LogP contribution is 2.34. The van der Waals surface area contributed by atoms with Crippen molar-refractivity contribution in [2.75, 3.05) is 26.3 Å². The normalized spacial score (nSPS) is 32.0. The summed E-state index contributed by atoms with van der Waals surface area (Å²) in [6.07, 6.45) is 4.81. The summed E-state index contributed by atoms with van der Waals surface area (Å²) in [5.41, 5.74) is -1.03. The minimum absolute atomic E-state index is 0.128. The molecule has 2 aliphatic carbocycles. The van der Waals surface area contributed by atoms with Gasteiger partial charge < -0.3 is 20.1 Å². The highest BCUT2D eigenvalue weighted by Gasteiger charge is 2.48. The van der Waals surface area contributed by atoms with E-state index in [2.05, 4.69) is 5.32 Å². The minimum Gasteiger partial charge on any atom is -0.481 e. The maximum absolute atomic E-state index is 12.5. The Morgan fingerprint density at radius 3 is 2.29 bits per heavy atom. The molecule has 3 rings (SSSR count). The fourth-order valence-corrected chi connectivity index (χ4v) is 2.79. The van der Waals surface area contributed by atoms with E-state index in [1.165, 1.54) is 25.7 Å². The SMILES string of the molecule is CC1(C(=O)O)COCC1NC(=O)N(CC1CC1)CC1CC1. The van der Waals surface area contributed by atoms with Crippen LogP contribution in [0.4, 0.5) is 4.79 Å². The van der Waals surface area contributed by atoms with Gasteiger partial charge in [-0.05, 0) is 44.4 Å². The Morgan fingerprint density at radius 1 is 1.24 bits per heavy atom. The van der Waals surface area contributed by atoms with Crippen molar-refractivity contribution in [3.05, 3.63) is 0 Å². The summed E-state index contributed by atoms with van der Waals surface area (Å²) in [6.45, 7) is 3.67. The van der Waals surface area contributed by atoms with Gasteiger partial charge in [-0.2, -0.15) is 0 Å². The second-order valence-electron chi connectivity index (χ2n) is 7.03. The van der Waals surface area contributed by atoms with Crippen LogP contribution in [0.5, 0.6) is 0 Å². The van der Waals surface area contributed by atoms with Crippen molar-refractivity contribution in [3.63, 3.8) is 0 Å². The molecule has 2 unspecified atom stereocenters. The van der Waals surface area contributed by atoms with Crippen molar-refractivity contribution in [1.82, 2.24) is 10.2 Å². The summed E-state index contributed by atoms with van der Waals surface area (Å²) in [4.78, 5) is 25.8. The van der Waals surface area contributed by atoms with Crippen LogP contribution in [0.2, 0.25) is 0 Å². The van der Waals surface area contributed by atoms with Crippen LogP contribution in [-0.2, 0) is 9.53 Å².